The number of hydrogen-bond donors (Lipinski definition) is 0. The lowest BCUT2D eigenvalue weighted by atomic mass is 10.1. The average molecular weight is 271 g/mol. The molecule has 15 heavy (non-hydrogen) atoms. The summed E-state index contributed by atoms with van der Waals surface area (Å²) in [5.74, 6) is -0.368. The van der Waals surface area contributed by atoms with E-state index in [1.807, 2.05) is 6.92 Å². The summed E-state index contributed by atoms with van der Waals surface area (Å²) in [6.45, 7) is 3.45. The second-order valence-corrected chi connectivity index (χ2v) is 4.87. The number of rotatable bonds is 3. The van der Waals surface area contributed by atoms with E-state index in [1.54, 1.807) is 0 Å². The molecule has 2 rings (SSSR count). The summed E-state index contributed by atoms with van der Waals surface area (Å²) < 4.78 is 12.2. The maximum Gasteiger partial charge on any atom is 0.166 e. The van der Waals surface area contributed by atoms with Crippen LogP contribution < -0.4 is 0 Å². The van der Waals surface area contributed by atoms with Crippen LogP contribution >= 0.6 is 15.9 Å². The lowest BCUT2D eigenvalue weighted by Crippen LogP contribution is -2.26. The van der Waals surface area contributed by atoms with Gasteiger partial charge >= 0.3 is 0 Å². The van der Waals surface area contributed by atoms with E-state index in [4.69, 9.17) is 9.47 Å². The Kier molecular flexibility index (Phi) is 3.44. The topological polar surface area (TPSA) is 18.5 Å². The van der Waals surface area contributed by atoms with Crippen LogP contribution in [0.15, 0.2) is 28.7 Å². The minimum Gasteiger partial charge on any atom is -0.348 e. The fourth-order valence-electron chi connectivity index (χ4n) is 1.72. The van der Waals surface area contributed by atoms with Crippen LogP contribution in [0.1, 0.15) is 18.9 Å². The van der Waals surface area contributed by atoms with Gasteiger partial charge in [0.25, 0.3) is 0 Å². The van der Waals surface area contributed by atoms with Gasteiger partial charge in [0.15, 0.2) is 5.79 Å². The van der Waals surface area contributed by atoms with E-state index >= 15 is 0 Å². The summed E-state index contributed by atoms with van der Waals surface area (Å²) in [4.78, 5) is 0. The summed E-state index contributed by atoms with van der Waals surface area (Å²) in [6.07, 6.45) is 1.90. The van der Waals surface area contributed by atoms with Gasteiger partial charge in [0.1, 0.15) is 0 Å². The van der Waals surface area contributed by atoms with Gasteiger partial charge in [0.2, 0.25) is 0 Å². The third kappa shape index (κ3) is 3.03. The van der Waals surface area contributed by atoms with Gasteiger partial charge in [-0.05, 0) is 31.0 Å². The van der Waals surface area contributed by atoms with E-state index in [0.29, 0.717) is 0 Å². The highest BCUT2D eigenvalue weighted by Crippen LogP contribution is 2.24. The molecule has 1 aliphatic rings. The highest BCUT2D eigenvalue weighted by Gasteiger charge is 2.30. The van der Waals surface area contributed by atoms with Crippen LogP contribution in [0.2, 0.25) is 0 Å². The van der Waals surface area contributed by atoms with Crippen LogP contribution in [0.4, 0.5) is 0 Å². The fourth-order valence-corrected chi connectivity index (χ4v) is 1.99. The summed E-state index contributed by atoms with van der Waals surface area (Å²) in [7, 11) is 0. The Labute approximate surface area is 98.7 Å². The molecule has 3 heteroatoms. The molecule has 0 aliphatic carbocycles. The van der Waals surface area contributed by atoms with Crippen molar-refractivity contribution in [1.29, 1.82) is 0 Å². The molecule has 0 atom stereocenters. The molecule has 1 aromatic rings. The first-order chi connectivity index (χ1) is 7.18. The van der Waals surface area contributed by atoms with E-state index in [2.05, 4.69) is 40.2 Å². The van der Waals surface area contributed by atoms with Gasteiger partial charge in [0, 0.05) is 10.9 Å². The Bertz CT molecular complexity index is 315. The number of benzene rings is 1. The first-order valence-corrected chi connectivity index (χ1v) is 6.00. The predicted octanol–water partition coefficient (Wildman–Crippen LogP) is 3.14. The summed E-state index contributed by atoms with van der Waals surface area (Å²) in [5.41, 5.74) is 1.32. The van der Waals surface area contributed by atoms with Crippen LogP contribution in [0.5, 0.6) is 0 Å². The standard InChI is InChI=1S/C12H15BrO2/c1-12(14-8-9-15-12)7-6-10-2-4-11(13)5-3-10/h2-5H,6-9H2,1H3. The zero-order valence-corrected chi connectivity index (χ0v) is 10.4. The second-order valence-electron chi connectivity index (χ2n) is 3.96. The smallest absolute Gasteiger partial charge is 0.166 e. The molecule has 2 nitrogen and oxygen atoms in total. The van der Waals surface area contributed by atoms with Crippen molar-refractivity contribution in [1.82, 2.24) is 0 Å². The van der Waals surface area contributed by atoms with Crippen molar-refractivity contribution in [3.05, 3.63) is 34.3 Å². The van der Waals surface area contributed by atoms with Crippen molar-refractivity contribution in [2.24, 2.45) is 0 Å². The normalized spacial score (nSPS) is 19.3. The SMILES string of the molecule is CC1(CCc2ccc(Br)cc2)OCCO1. The number of ether oxygens (including phenoxy) is 2. The first-order valence-electron chi connectivity index (χ1n) is 5.20. The van der Waals surface area contributed by atoms with Gasteiger partial charge in [0.05, 0.1) is 13.2 Å². The quantitative estimate of drug-likeness (QED) is 0.840. The molecule has 1 aliphatic heterocycles. The highest BCUT2D eigenvalue weighted by atomic mass is 79.9. The van der Waals surface area contributed by atoms with Crippen molar-refractivity contribution >= 4 is 15.9 Å². The molecule has 0 radical (unpaired) electrons. The van der Waals surface area contributed by atoms with Gasteiger partial charge in [-0.3, -0.25) is 0 Å². The third-order valence-electron chi connectivity index (χ3n) is 2.68. The fraction of sp³-hybridized carbons (Fsp3) is 0.500. The number of halogens is 1. The first kappa shape index (κ1) is 11.1. The molecular formula is C12H15BrO2. The zero-order valence-electron chi connectivity index (χ0n) is 8.83. The molecule has 1 fully saturated rings. The molecule has 0 aromatic heterocycles. The van der Waals surface area contributed by atoms with Gasteiger partial charge in [-0.2, -0.15) is 0 Å². The zero-order chi connectivity index (χ0) is 10.7. The summed E-state index contributed by atoms with van der Waals surface area (Å²) in [5, 5.41) is 0. The minimum atomic E-state index is -0.368. The minimum absolute atomic E-state index is 0.368. The van der Waals surface area contributed by atoms with Crippen molar-refractivity contribution in [3.8, 4) is 0 Å². The maximum absolute atomic E-state index is 5.55. The lowest BCUT2D eigenvalue weighted by Gasteiger charge is -2.21. The molecule has 1 saturated heterocycles. The number of aryl methyl sites for hydroxylation is 1. The molecule has 0 bridgehead atoms. The molecule has 0 spiro atoms. The maximum atomic E-state index is 5.55. The van der Waals surface area contributed by atoms with Crippen LogP contribution in [-0.4, -0.2) is 19.0 Å². The second kappa shape index (κ2) is 4.64. The molecule has 82 valence electrons. The Morgan fingerprint density at radius 3 is 2.40 bits per heavy atom. The monoisotopic (exact) mass is 270 g/mol. The van der Waals surface area contributed by atoms with Crippen molar-refractivity contribution in [3.63, 3.8) is 0 Å². The van der Waals surface area contributed by atoms with E-state index in [9.17, 15) is 0 Å². The van der Waals surface area contributed by atoms with Gasteiger partial charge in [-0.25, -0.2) is 0 Å². The molecule has 0 saturated carbocycles. The molecular weight excluding hydrogens is 256 g/mol. The molecule has 1 aromatic carbocycles. The molecule has 0 unspecified atom stereocenters. The third-order valence-corrected chi connectivity index (χ3v) is 3.21. The Morgan fingerprint density at radius 1 is 1.20 bits per heavy atom. The van der Waals surface area contributed by atoms with Crippen LogP contribution in [0.25, 0.3) is 0 Å². The molecule has 0 N–H and O–H groups in total. The van der Waals surface area contributed by atoms with E-state index in [0.717, 1.165) is 30.5 Å². The van der Waals surface area contributed by atoms with Gasteiger partial charge in [-0.1, -0.05) is 28.1 Å². The van der Waals surface area contributed by atoms with E-state index in [1.165, 1.54) is 5.56 Å². The lowest BCUT2D eigenvalue weighted by molar-refractivity contribution is -0.146. The molecule has 0 amide bonds. The number of hydrogen-bond acceptors (Lipinski definition) is 2. The van der Waals surface area contributed by atoms with Crippen molar-refractivity contribution < 1.29 is 9.47 Å². The molecule has 1 heterocycles. The Morgan fingerprint density at radius 2 is 1.80 bits per heavy atom. The summed E-state index contributed by atoms with van der Waals surface area (Å²) in [6, 6.07) is 8.38. The largest absolute Gasteiger partial charge is 0.348 e. The van der Waals surface area contributed by atoms with E-state index in [-0.39, 0.29) is 5.79 Å². The van der Waals surface area contributed by atoms with E-state index < -0.39 is 0 Å². The van der Waals surface area contributed by atoms with Crippen LogP contribution in [0, 0.1) is 0 Å². The van der Waals surface area contributed by atoms with Gasteiger partial charge in [-0.15, -0.1) is 0 Å². The Balaban J connectivity index is 1.90. The van der Waals surface area contributed by atoms with Crippen LogP contribution in [0.3, 0.4) is 0 Å². The average Bonchev–Trinajstić information content (AvgIpc) is 2.65. The summed E-state index contributed by atoms with van der Waals surface area (Å²) >= 11 is 3.42. The van der Waals surface area contributed by atoms with Crippen molar-refractivity contribution in [2.75, 3.05) is 13.2 Å². The van der Waals surface area contributed by atoms with Crippen LogP contribution in [-0.2, 0) is 15.9 Å². The highest BCUT2D eigenvalue weighted by molar-refractivity contribution is 9.10. The predicted molar refractivity (Wildman–Crippen MR) is 62.8 cm³/mol. The van der Waals surface area contributed by atoms with Crippen molar-refractivity contribution in [2.45, 2.75) is 25.6 Å². The Hall–Kier alpha value is -0.380. The van der Waals surface area contributed by atoms with Gasteiger partial charge < -0.3 is 9.47 Å².